The first-order valence-corrected chi connectivity index (χ1v) is 10.4. The zero-order valence-electron chi connectivity index (χ0n) is 16.4. The predicted octanol–water partition coefficient (Wildman–Crippen LogP) is 6.20. The number of alkyl halides is 8. The van der Waals surface area contributed by atoms with Crippen LogP contribution in [0.2, 0.25) is 5.02 Å². The minimum absolute atomic E-state index is 0.00981. The molecular formula is C20H12Cl3F7N2O2. The Labute approximate surface area is 202 Å². The van der Waals surface area contributed by atoms with Crippen molar-refractivity contribution in [3.63, 3.8) is 0 Å². The normalized spacial score (nSPS) is 19.5. The highest BCUT2D eigenvalue weighted by molar-refractivity contribution is 6.53. The van der Waals surface area contributed by atoms with Gasteiger partial charge in [-0.1, -0.05) is 17.7 Å². The highest BCUT2D eigenvalue weighted by Gasteiger charge is 2.68. The van der Waals surface area contributed by atoms with E-state index in [0.717, 1.165) is 18.2 Å². The molecule has 2 amide bonds. The summed E-state index contributed by atoms with van der Waals surface area (Å²) in [5.74, 6) is -6.90. The fourth-order valence-electron chi connectivity index (χ4n) is 3.37. The number of carbonyl (C=O) groups is 2. The molecule has 0 saturated heterocycles. The van der Waals surface area contributed by atoms with Crippen LogP contribution in [0.1, 0.15) is 22.6 Å². The van der Waals surface area contributed by atoms with Crippen molar-refractivity contribution in [1.29, 1.82) is 0 Å². The maximum atomic E-state index is 13.4. The molecule has 0 aliphatic heterocycles. The van der Waals surface area contributed by atoms with E-state index in [0.29, 0.717) is 0 Å². The molecule has 2 unspecified atom stereocenters. The maximum absolute atomic E-state index is 13.4. The molecule has 2 aromatic carbocycles. The van der Waals surface area contributed by atoms with Crippen LogP contribution in [0.3, 0.4) is 0 Å². The molecule has 2 aromatic rings. The van der Waals surface area contributed by atoms with Gasteiger partial charge in [0.1, 0.15) is 10.2 Å². The van der Waals surface area contributed by atoms with Crippen molar-refractivity contribution in [3.05, 3.63) is 63.9 Å². The first-order chi connectivity index (χ1) is 15.5. The highest BCUT2D eigenvalue weighted by Crippen LogP contribution is 2.66. The lowest BCUT2D eigenvalue weighted by molar-refractivity contribution is -0.173. The Morgan fingerprint density at radius 2 is 1.65 bits per heavy atom. The number of hydrogen-bond donors (Lipinski definition) is 2. The number of carbonyl (C=O) groups excluding carboxylic acids is 2. The Kier molecular flexibility index (Phi) is 7.05. The molecule has 34 heavy (non-hydrogen) atoms. The van der Waals surface area contributed by atoms with E-state index in [9.17, 15) is 40.3 Å². The number of amides is 2. The summed E-state index contributed by atoms with van der Waals surface area (Å²) in [5.41, 5.74) is -1.76. The summed E-state index contributed by atoms with van der Waals surface area (Å²) in [7, 11) is 0. The Balaban J connectivity index is 1.79. The number of halogens is 10. The van der Waals surface area contributed by atoms with Crippen molar-refractivity contribution in [1.82, 2.24) is 5.32 Å². The third kappa shape index (κ3) is 5.52. The van der Waals surface area contributed by atoms with Gasteiger partial charge in [0.2, 0.25) is 5.91 Å². The average molecular weight is 552 g/mol. The van der Waals surface area contributed by atoms with E-state index in [-0.39, 0.29) is 22.3 Å². The molecule has 1 aliphatic carbocycles. The number of rotatable bonds is 5. The minimum Gasteiger partial charge on any atom is -0.344 e. The second-order valence-electron chi connectivity index (χ2n) is 7.34. The van der Waals surface area contributed by atoms with Crippen LogP contribution in [-0.4, -0.2) is 22.3 Å². The molecule has 14 heteroatoms. The van der Waals surface area contributed by atoms with E-state index >= 15 is 0 Å². The fourth-order valence-corrected chi connectivity index (χ4v) is 4.36. The molecule has 1 saturated carbocycles. The van der Waals surface area contributed by atoms with E-state index in [4.69, 9.17) is 34.8 Å². The van der Waals surface area contributed by atoms with Crippen LogP contribution in [0.4, 0.5) is 36.4 Å². The molecule has 0 spiro atoms. The van der Waals surface area contributed by atoms with Crippen molar-refractivity contribution in [2.24, 2.45) is 5.92 Å². The smallest absolute Gasteiger partial charge is 0.344 e. The summed E-state index contributed by atoms with van der Waals surface area (Å²) in [6.07, 6.45) is -10.0. The van der Waals surface area contributed by atoms with Gasteiger partial charge in [0.15, 0.2) is 0 Å². The molecule has 2 N–H and O–H groups in total. The molecule has 1 aliphatic rings. The van der Waals surface area contributed by atoms with Crippen LogP contribution in [0.5, 0.6) is 0 Å². The van der Waals surface area contributed by atoms with Crippen molar-refractivity contribution < 1.29 is 40.3 Å². The lowest BCUT2D eigenvalue weighted by Crippen LogP contribution is -2.36. The SMILES string of the molecule is O=C(Nc1ccc(Cl)c(CNC(=O)C(F)(F)F)c1)C1C(c2ccc(F)cc2C(F)(F)F)C1(Cl)Cl. The standard InChI is InChI=1S/C20H12Cl3F7N2O2/c21-13-4-2-10(5-8(13)7-31-17(34)20(28,29)30)32-16(33)15-14(18(15,22)23)11-3-1-9(24)6-12(11)19(25,26)27/h1-6,14-15H,7H2,(H,31,34)(H,32,33). The van der Waals surface area contributed by atoms with Crippen molar-refractivity contribution in [2.75, 3.05) is 5.32 Å². The van der Waals surface area contributed by atoms with Gasteiger partial charge in [-0.2, -0.15) is 26.3 Å². The summed E-state index contributed by atoms with van der Waals surface area (Å²) in [4.78, 5) is 23.7. The van der Waals surface area contributed by atoms with Gasteiger partial charge in [-0.3, -0.25) is 9.59 Å². The quantitative estimate of drug-likeness (QED) is 0.343. The Morgan fingerprint density at radius 3 is 2.24 bits per heavy atom. The lowest BCUT2D eigenvalue weighted by Gasteiger charge is -2.13. The van der Waals surface area contributed by atoms with Crippen LogP contribution in [-0.2, 0) is 22.3 Å². The van der Waals surface area contributed by atoms with Crippen LogP contribution < -0.4 is 10.6 Å². The second kappa shape index (κ2) is 9.09. The van der Waals surface area contributed by atoms with Crippen molar-refractivity contribution >= 4 is 52.3 Å². The van der Waals surface area contributed by atoms with Crippen LogP contribution in [0.15, 0.2) is 36.4 Å². The van der Waals surface area contributed by atoms with Crippen LogP contribution >= 0.6 is 34.8 Å². The van der Waals surface area contributed by atoms with Gasteiger partial charge < -0.3 is 10.6 Å². The largest absolute Gasteiger partial charge is 0.471 e. The molecule has 184 valence electrons. The van der Waals surface area contributed by atoms with Gasteiger partial charge in [-0.05, 0) is 41.5 Å². The molecule has 1 fully saturated rings. The first kappa shape index (κ1) is 26.4. The van der Waals surface area contributed by atoms with Crippen LogP contribution in [0, 0.1) is 11.7 Å². The maximum Gasteiger partial charge on any atom is 0.471 e. The van der Waals surface area contributed by atoms with Gasteiger partial charge in [0, 0.05) is 23.2 Å². The van der Waals surface area contributed by atoms with Crippen LogP contribution in [0.25, 0.3) is 0 Å². The number of anilines is 1. The Bertz CT molecular complexity index is 1140. The molecule has 2 atom stereocenters. The van der Waals surface area contributed by atoms with E-state index in [1.807, 2.05) is 0 Å². The zero-order chi connectivity index (χ0) is 25.6. The lowest BCUT2D eigenvalue weighted by atomic mass is 10.0. The predicted molar refractivity (Wildman–Crippen MR) is 110 cm³/mol. The number of benzene rings is 2. The molecule has 3 rings (SSSR count). The molecule has 4 nitrogen and oxygen atoms in total. The van der Waals surface area contributed by atoms with E-state index in [1.54, 1.807) is 5.32 Å². The third-order valence-electron chi connectivity index (χ3n) is 5.00. The molecule has 0 aromatic heterocycles. The number of hydrogen-bond acceptors (Lipinski definition) is 2. The highest BCUT2D eigenvalue weighted by atomic mass is 35.5. The minimum atomic E-state index is -5.11. The number of nitrogens with one attached hydrogen (secondary N) is 2. The zero-order valence-corrected chi connectivity index (χ0v) is 18.7. The molecule has 0 bridgehead atoms. The summed E-state index contributed by atoms with van der Waals surface area (Å²) in [6.45, 7) is -0.619. The van der Waals surface area contributed by atoms with Gasteiger partial charge in [0.05, 0.1) is 11.5 Å². The van der Waals surface area contributed by atoms with Gasteiger partial charge in [0.25, 0.3) is 0 Å². The first-order valence-electron chi connectivity index (χ1n) is 9.22. The molecule has 0 heterocycles. The van der Waals surface area contributed by atoms with E-state index in [1.165, 1.54) is 12.1 Å². The fraction of sp³-hybridized carbons (Fsp3) is 0.300. The van der Waals surface area contributed by atoms with Gasteiger partial charge in [-0.15, -0.1) is 23.2 Å². The summed E-state index contributed by atoms with van der Waals surface area (Å²) in [6, 6.07) is 5.56. The summed E-state index contributed by atoms with van der Waals surface area (Å²) in [5, 5.41) is 3.96. The van der Waals surface area contributed by atoms with Crippen molar-refractivity contribution in [2.45, 2.75) is 29.1 Å². The Morgan fingerprint density at radius 1 is 1.00 bits per heavy atom. The van der Waals surface area contributed by atoms with E-state index < -0.39 is 63.8 Å². The summed E-state index contributed by atoms with van der Waals surface area (Å²) >= 11 is 18.1. The molecule has 0 radical (unpaired) electrons. The van der Waals surface area contributed by atoms with E-state index in [2.05, 4.69) is 5.32 Å². The average Bonchev–Trinajstić information content (AvgIpc) is 3.28. The van der Waals surface area contributed by atoms with Gasteiger partial charge >= 0.3 is 18.3 Å². The van der Waals surface area contributed by atoms with Crippen molar-refractivity contribution in [3.8, 4) is 0 Å². The monoisotopic (exact) mass is 550 g/mol. The second-order valence-corrected chi connectivity index (χ2v) is 9.19. The molecular weight excluding hydrogens is 540 g/mol. The topological polar surface area (TPSA) is 58.2 Å². The Hall–Kier alpha value is -2.24. The van der Waals surface area contributed by atoms with Gasteiger partial charge in [-0.25, -0.2) is 4.39 Å². The third-order valence-corrected chi connectivity index (χ3v) is 6.31. The summed E-state index contributed by atoms with van der Waals surface area (Å²) < 4.78 is 88.6.